The second-order valence-corrected chi connectivity index (χ2v) is 6.50. The van der Waals surface area contributed by atoms with Gasteiger partial charge >= 0.3 is 0 Å². The Morgan fingerprint density at radius 3 is 2.80 bits per heavy atom. The van der Waals surface area contributed by atoms with E-state index in [9.17, 15) is 0 Å². The Bertz CT molecular complexity index is 678. The van der Waals surface area contributed by atoms with Crippen LogP contribution in [0.1, 0.15) is 25.6 Å². The van der Waals surface area contributed by atoms with Crippen molar-refractivity contribution in [2.45, 2.75) is 19.8 Å². The average Bonchev–Trinajstić information content (AvgIpc) is 3.04. The highest BCUT2D eigenvalue weighted by Gasteiger charge is 2.18. The number of imidazole rings is 1. The first kappa shape index (κ1) is 13.3. The molecule has 3 nitrogen and oxygen atoms in total. The molecule has 0 aliphatic carbocycles. The highest BCUT2D eigenvalue weighted by atomic mass is 32.1. The van der Waals surface area contributed by atoms with E-state index >= 15 is 0 Å². The molecular weight excluding hydrogens is 266 g/mol. The van der Waals surface area contributed by atoms with Crippen LogP contribution in [0, 0.1) is 5.92 Å². The molecule has 3 N–H and O–H groups in total. The zero-order valence-corrected chi connectivity index (χ0v) is 12.6. The first-order valence-electron chi connectivity index (χ1n) is 6.93. The predicted molar refractivity (Wildman–Crippen MR) is 86.0 cm³/mol. The first-order valence-corrected chi connectivity index (χ1v) is 7.74. The lowest BCUT2D eigenvalue weighted by atomic mass is 9.95. The van der Waals surface area contributed by atoms with Gasteiger partial charge in [0, 0.05) is 17.2 Å². The molecule has 20 heavy (non-hydrogen) atoms. The van der Waals surface area contributed by atoms with E-state index in [1.54, 1.807) is 11.3 Å². The van der Waals surface area contributed by atoms with Crippen molar-refractivity contribution >= 4 is 21.4 Å². The fourth-order valence-electron chi connectivity index (χ4n) is 2.46. The minimum atomic E-state index is 0.290. The third-order valence-electron chi connectivity index (χ3n) is 3.70. The van der Waals surface area contributed by atoms with Crippen molar-refractivity contribution in [3.8, 4) is 10.6 Å². The van der Waals surface area contributed by atoms with Crippen molar-refractivity contribution in [3.05, 3.63) is 42.4 Å². The van der Waals surface area contributed by atoms with Gasteiger partial charge in [-0.15, -0.1) is 11.3 Å². The van der Waals surface area contributed by atoms with Gasteiger partial charge in [-0.1, -0.05) is 32.0 Å². The van der Waals surface area contributed by atoms with Gasteiger partial charge in [-0.05, 0) is 23.4 Å². The molecule has 1 unspecified atom stereocenters. The molecule has 2 heterocycles. The summed E-state index contributed by atoms with van der Waals surface area (Å²) in [6, 6.07) is 10.6. The maximum Gasteiger partial charge on any atom is 0.111 e. The fourth-order valence-corrected chi connectivity index (χ4v) is 3.49. The van der Waals surface area contributed by atoms with Crippen LogP contribution in [0.15, 0.2) is 36.5 Å². The summed E-state index contributed by atoms with van der Waals surface area (Å²) in [6.45, 7) is 4.98. The van der Waals surface area contributed by atoms with Crippen LogP contribution in [0.25, 0.3) is 20.7 Å². The van der Waals surface area contributed by atoms with E-state index < -0.39 is 0 Å². The Morgan fingerprint density at radius 2 is 2.10 bits per heavy atom. The number of aromatic amines is 1. The molecule has 0 amide bonds. The van der Waals surface area contributed by atoms with Crippen molar-refractivity contribution < 1.29 is 0 Å². The number of nitrogens with zero attached hydrogens (tertiary/aromatic N) is 1. The minimum Gasteiger partial charge on any atom is -0.341 e. The van der Waals surface area contributed by atoms with Crippen molar-refractivity contribution in [1.29, 1.82) is 0 Å². The molecule has 3 aromatic rings. The SMILES string of the molecule is CC(C)C(CN)c1ncc(-c2cc3ccccc3s2)[nH]1. The van der Waals surface area contributed by atoms with Gasteiger partial charge in [0.2, 0.25) is 0 Å². The molecule has 4 heteroatoms. The van der Waals surface area contributed by atoms with Crippen LogP contribution < -0.4 is 5.73 Å². The van der Waals surface area contributed by atoms with Crippen molar-refractivity contribution in [2.75, 3.05) is 6.54 Å². The topological polar surface area (TPSA) is 54.7 Å². The highest BCUT2D eigenvalue weighted by Crippen LogP contribution is 2.33. The number of hydrogen-bond acceptors (Lipinski definition) is 3. The van der Waals surface area contributed by atoms with E-state index in [0.717, 1.165) is 11.5 Å². The van der Waals surface area contributed by atoms with Crippen LogP contribution in [0.3, 0.4) is 0 Å². The molecule has 0 aliphatic rings. The van der Waals surface area contributed by atoms with Crippen molar-refractivity contribution in [3.63, 3.8) is 0 Å². The number of thiophene rings is 1. The first-order chi connectivity index (χ1) is 9.69. The molecule has 104 valence electrons. The summed E-state index contributed by atoms with van der Waals surface area (Å²) in [7, 11) is 0. The Labute approximate surface area is 122 Å². The second kappa shape index (κ2) is 5.38. The minimum absolute atomic E-state index is 0.290. The summed E-state index contributed by atoms with van der Waals surface area (Å²) in [5.74, 6) is 1.77. The average molecular weight is 285 g/mol. The van der Waals surface area contributed by atoms with E-state index in [1.165, 1.54) is 15.0 Å². The molecule has 0 radical (unpaired) electrons. The largest absolute Gasteiger partial charge is 0.341 e. The molecule has 0 fully saturated rings. The lowest BCUT2D eigenvalue weighted by Crippen LogP contribution is -2.18. The van der Waals surface area contributed by atoms with E-state index in [1.807, 2.05) is 6.20 Å². The molecule has 0 spiro atoms. The van der Waals surface area contributed by atoms with Crippen molar-refractivity contribution in [2.24, 2.45) is 11.7 Å². The second-order valence-electron chi connectivity index (χ2n) is 5.42. The number of aromatic nitrogens is 2. The number of fused-ring (bicyclic) bond motifs is 1. The Hall–Kier alpha value is -1.65. The number of nitrogens with two attached hydrogens (primary N) is 1. The Kier molecular flexibility index (Phi) is 3.59. The molecule has 0 aliphatic heterocycles. The van der Waals surface area contributed by atoms with E-state index in [-0.39, 0.29) is 5.92 Å². The van der Waals surface area contributed by atoms with Crippen LogP contribution in [0.2, 0.25) is 0 Å². The molecule has 0 bridgehead atoms. The smallest absolute Gasteiger partial charge is 0.111 e. The van der Waals surface area contributed by atoms with Gasteiger partial charge in [0.05, 0.1) is 16.8 Å². The maximum atomic E-state index is 5.86. The molecule has 1 aromatic carbocycles. The van der Waals surface area contributed by atoms with E-state index in [2.05, 4.69) is 54.1 Å². The van der Waals surface area contributed by atoms with Crippen LogP contribution in [-0.2, 0) is 0 Å². The third kappa shape index (κ3) is 2.37. The van der Waals surface area contributed by atoms with Gasteiger partial charge in [-0.25, -0.2) is 4.98 Å². The molecule has 2 aromatic heterocycles. The van der Waals surface area contributed by atoms with Gasteiger partial charge in [0.15, 0.2) is 0 Å². The summed E-state index contributed by atoms with van der Waals surface area (Å²) < 4.78 is 1.30. The van der Waals surface area contributed by atoms with Gasteiger partial charge in [0.25, 0.3) is 0 Å². The predicted octanol–water partition coefficient (Wildman–Crippen LogP) is 3.99. The third-order valence-corrected chi connectivity index (χ3v) is 4.85. The Morgan fingerprint density at radius 1 is 1.30 bits per heavy atom. The number of H-pyrrole nitrogens is 1. The molecule has 0 saturated carbocycles. The zero-order chi connectivity index (χ0) is 14.1. The molecule has 3 rings (SSSR count). The standard InChI is InChI=1S/C16H19N3S/c1-10(2)12(8-17)16-18-9-13(19-16)15-7-11-5-3-4-6-14(11)20-15/h3-7,9-10,12H,8,17H2,1-2H3,(H,18,19). The fraction of sp³-hybridized carbons (Fsp3) is 0.312. The van der Waals surface area contributed by atoms with Crippen LogP contribution >= 0.6 is 11.3 Å². The number of benzene rings is 1. The summed E-state index contributed by atoms with van der Waals surface area (Å²) in [6.07, 6.45) is 1.92. The number of hydrogen-bond donors (Lipinski definition) is 2. The summed E-state index contributed by atoms with van der Waals surface area (Å²) in [5, 5.41) is 1.28. The van der Waals surface area contributed by atoms with E-state index in [0.29, 0.717) is 12.5 Å². The van der Waals surface area contributed by atoms with Crippen LogP contribution in [0.4, 0.5) is 0 Å². The summed E-state index contributed by atoms with van der Waals surface area (Å²) in [4.78, 5) is 9.19. The van der Waals surface area contributed by atoms with Crippen LogP contribution in [0.5, 0.6) is 0 Å². The summed E-state index contributed by atoms with van der Waals surface area (Å²) in [5.41, 5.74) is 6.94. The number of rotatable bonds is 4. The summed E-state index contributed by atoms with van der Waals surface area (Å²) >= 11 is 1.79. The van der Waals surface area contributed by atoms with Crippen molar-refractivity contribution in [1.82, 2.24) is 9.97 Å². The highest BCUT2D eigenvalue weighted by molar-refractivity contribution is 7.22. The Balaban J connectivity index is 1.97. The monoisotopic (exact) mass is 285 g/mol. The lowest BCUT2D eigenvalue weighted by molar-refractivity contribution is 0.487. The number of nitrogens with one attached hydrogen (secondary N) is 1. The van der Waals surface area contributed by atoms with E-state index in [4.69, 9.17) is 5.73 Å². The molecular formula is C16H19N3S. The zero-order valence-electron chi connectivity index (χ0n) is 11.8. The molecule has 0 saturated heterocycles. The van der Waals surface area contributed by atoms with Gasteiger partial charge in [-0.3, -0.25) is 0 Å². The lowest BCUT2D eigenvalue weighted by Gasteiger charge is -2.15. The van der Waals surface area contributed by atoms with Crippen LogP contribution in [-0.4, -0.2) is 16.5 Å². The van der Waals surface area contributed by atoms with Gasteiger partial charge in [0.1, 0.15) is 5.82 Å². The maximum absolute atomic E-state index is 5.86. The molecule has 1 atom stereocenters. The van der Waals surface area contributed by atoms with Gasteiger partial charge in [-0.2, -0.15) is 0 Å². The quantitative estimate of drug-likeness (QED) is 0.761. The van der Waals surface area contributed by atoms with Gasteiger partial charge < -0.3 is 10.7 Å². The normalized spacial score (nSPS) is 13.2.